The summed E-state index contributed by atoms with van der Waals surface area (Å²) in [7, 11) is 0. The van der Waals surface area contributed by atoms with Gasteiger partial charge in [-0.3, -0.25) is 15.1 Å². The molecule has 2 unspecified atom stereocenters. The first-order valence-electron chi connectivity index (χ1n) is 8.44. The van der Waals surface area contributed by atoms with Crippen LogP contribution in [0.25, 0.3) is 0 Å². The molecule has 2 atom stereocenters. The van der Waals surface area contributed by atoms with E-state index in [4.69, 9.17) is 0 Å². The summed E-state index contributed by atoms with van der Waals surface area (Å²) in [5.74, 6) is 0.606. The van der Waals surface area contributed by atoms with E-state index in [2.05, 4.69) is 21.2 Å². The minimum atomic E-state index is -0.248. The Morgan fingerprint density at radius 1 is 1.10 bits per heavy atom. The van der Waals surface area contributed by atoms with Gasteiger partial charge in [0.25, 0.3) is 0 Å². The summed E-state index contributed by atoms with van der Waals surface area (Å²) in [5, 5.41) is 13.5. The monoisotopic (exact) mass is 274 g/mol. The van der Waals surface area contributed by atoms with Gasteiger partial charge >= 0.3 is 0 Å². The first-order chi connectivity index (χ1) is 9.79. The fraction of sp³-hybridized carbons (Fsp3) is 0.938. The standard InChI is InChI=1S/C16H26N4/c17-11-16(13-3-4-13,18-14-5-6-14)12-19-8-9-20-7-1-2-15(20)10-19/h13-15,18H,1-10,12H2. The average Bonchev–Trinajstić information content (AvgIpc) is 3.37. The Labute approximate surface area is 122 Å². The molecule has 0 aromatic carbocycles. The molecule has 110 valence electrons. The molecule has 2 aliphatic carbocycles. The number of fused-ring (bicyclic) bond motifs is 1. The second-order valence-electron chi connectivity index (χ2n) is 7.34. The lowest BCUT2D eigenvalue weighted by molar-refractivity contribution is 0.0830. The van der Waals surface area contributed by atoms with E-state index in [-0.39, 0.29) is 5.54 Å². The van der Waals surface area contributed by atoms with Crippen LogP contribution >= 0.6 is 0 Å². The van der Waals surface area contributed by atoms with Crippen molar-refractivity contribution in [2.75, 3.05) is 32.7 Å². The first-order valence-corrected chi connectivity index (χ1v) is 8.44. The minimum Gasteiger partial charge on any atom is -0.298 e. The van der Waals surface area contributed by atoms with E-state index >= 15 is 0 Å². The molecule has 1 N–H and O–H groups in total. The Hall–Kier alpha value is -0.630. The van der Waals surface area contributed by atoms with Gasteiger partial charge in [-0.1, -0.05) is 0 Å². The van der Waals surface area contributed by atoms with Crippen molar-refractivity contribution in [3.8, 4) is 6.07 Å². The van der Waals surface area contributed by atoms with Gasteiger partial charge in [0, 0.05) is 38.3 Å². The molecule has 0 aromatic rings. The molecule has 20 heavy (non-hydrogen) atoms. The third-order valence-corrected chi connectivity index (χ3v) is 5.66. The summed E-state index contributed by atoms with van der Waals surface area (Å²) in [6, 6.07) is 4.08. The van der Waals surface area contributed by atoms with Gasteiger partial charge < -0.3 is 0 Å². The Morgan fingerprint density at radius 2 is 1.95 bits per heavy atom. The minimum absolute atomic E-state index is 0.248. The van der Waals surface area contributed by atoms with Crippen LogP contribution in [0.4, 0.5) is 0 Å². The number of rotatable bonds is 5. The van der Waals surface area contributed by atoms with Gasteiger partial charge in [-0.05, 0) is 51.0 Å². The van der Waals surface area contributed by atoms with Gasteiger partial charge in [0.1, 0.15) is 5.54 Å². The maximum atomic E-state index is 9.83. The number of piperazine rings is 1. The van der Waals surface area contributed by atoms with Crippen molar-refractivity contribution in [3.63, 3.8) is 0 Å². The van der Waals surface area contributed by atoms with Crippen molar-refractivity contribution < 1.29 is 0 Å². The van der Waals surface area contributed by atoms with Crippen molar-refractivity contribution in [3.05, 3.63) is 0 Å². The predicted molar refractivity (Wildman–Crippen MR) is 78.3 cm³/mol. The lowest BCUT2D eigenvalue weighted by Gasteiger charge is -2.41. The molecule has 0 bridgehead atoms. The third-order valence-electron chi connectivity index (χ3n) is 5.66. The molecular formula is C16H26N4. The maximum absolute atomic E-state index is 9.83. The second-order valence-corrected chi connectivity index (χ2v) is 7.34. The molecule has 4 nitrogen and oxygen atoms in total. The van der Waals surface area contributed by atoms with Crippen LogP contribution in [0.1, 0.15) is 38.5 Å². The number of nitrogens with zero attached hydrogens (tertiary/aromatic N) is 3. The molecule has 4 fully saturated rings. The van der Waals surface area contributed by atoms with E-state index in [1.807, 2.05) is 0 Å². The Bertz CT molecular complexity index is 409. The van der Waals surface area contributed by atoms with Gasteiger partial charge in [-0.15, -0.1) is 0 Å². The lowest BCUT2D eigenvalue weighted by Crippen LogP contribution is -2.59. The average molecular weight is 274 g/mol. The van der Waals surface area contributed by atoms with Crippen LogP contribution in [0.5, 0.6) is 0 Å². The largest absolute Gasteiger partial charge is 0.298 e. The summed E-state index contributed by atoms with van der Waals surface area (Å²) >= 11 is 0. The fourth-order valence-electron chi connectivity index (χ4n) is 4.17. The van der Waals surface area contributed by atoms with Crippen LogP contribution in [-0.2, 0) is 0 Å². The highest BCUT2D eigenvalue weighted by Gasteiger charge is 2.49. The highest BCUT2D eigenvalue weighted by Crippen LogP contribution is 2.42. The van der Waals surface area contributed by atoms with E-state index in [1.54, 1.807) is 0 Å². The molecule has 2 saturated carbocycles. The Morgan fingerprint density at radius 3 is 2.65 bits per heavy atom. The van der Waals surface area contributed by atoms with Gasteiger partial charge in [-0.2, -0.15) is 5.26 Å². The zero-order chi connectivity index (χ0) is 13.6. The van der Waals surface area contributed by atoms with Crippen molar-refractivity contribution in [1.29, 1.82) is 5.26 Å². The third kappa shape index (κ3) is 2.47. The van der Waals surface area contributed by atoms with Crippen LogP contribution in [0, 0.1) is 17.2 Å². The molecule has 4 heteroatoms. The first kappa shape index (κ1) is 13.1. The fourth-order valence-corrected chi connectivity index (χ4v) is 4.17. The molecule has 2 heterocycles. The quantitative estimate of drug-likeness (QED) is 0.818. The molecule has 2 saturated heterocycles. The SMILES string of the molecule is N#CC(CN1CCN2CCCC2C1)(NC1CC1)C1CC1. The maximum Gasteiger partial charge on any atom is 0.122 e. The van der Waals surface area contributed by atoms with Gasteiger partial charge in [-0.25, -0.2) is 0 Å². The molecule has 4 rings (SSSR count). The smallest absolute Gasteiger partial charge is 0.122 e. The summed E-state index contributed by atoms with van der Waals surface area (Å²) in [6.45, 7) is 5.79. The number of hydrogen-bond donors (Lipinski definition) is 1. The van der Waals surface area contributed by atoms with Gasteiger partial charge in [0.05, 0.1) is 6.07 Å². The summed E-state index contributed by atoms with van der Waals surface area (Å²) < 4.78 is 0. The number of nitriles is 1. The van der Waals surface area contributed by atoms with Crippen LogP contribution in [-0.4, -0.2) is 60.1 Å². The van der Waals surface area contributed by atoms with E-state index < -0.39 is 0 Å². The Kier molecular flexibility index (Phi) is 3.25. The van der Waals surface area contributed by atoms with Crippen molar-refractivity contribution in [1.82, 2.24) is 15.1 Å². The molecule has 0 spiro atoms. The highest BCUT2D eigenvalue weighted by molar-refractivity contribution is 5.19. The normalized spacial score (nSPS) is 34.5. The predicted octanol–water partition coefficient (Wildman–Crippen LogP) is 1.19. The zero-order valence-electron chi connectivity index (χ0n) is 12.4. The molecule has 2 aliphatic heterocycles. The van der Waals surface area contributed by atoms with E-state index in [0.717, 1.165) is 19.1 Å². The van der Waals surface area contributed by atoms with Crippen LogP contribution in [0.2, 0.25) is 0 Å². The topological polar surface area (TPSA) is 42.3 Å². The zero-order valence-corrected chi connectivity index (χ0v) is 12.4. The van der Waals surface area contributed by atoms with Gasteiger partial charge in [0.2, 0.25) is 0 Å². The molecule has 0 radical (unpaired) electrons. The molecule has 0 amide bonds. The molecule has 4 aliphatic rings. The summed E-state index contributed by atoms with van der Waals surface area (Å²) in [6.07, 6.45) is 7.76. The van der Waals surface area contributed by atoms with Crippen molar-refractivity contribution >= 4 is 0 Å². The van der Waals surface area contributed by atoms with Crippen LogP contribution in [0.3, 0.4) is 0 Å². The van der Waals surface area contributed by atoms with Gasteiger partial charge in [0.15, 0.2) is 0 Å². The Balaban J connectivity index is 1.43. The van der Waals surface area contributed by atoms with E-state index in [0.29, 0.717) is 12.0 Å². The second kappa shape index (κ2) is 4.98. The summed E-state index contributed by atoms with van der Waals surface area (Å²) in [4.78, 5) is 5.22. The van der Waals surface area contributed by atoms with Crippen LogP contribution < -0.4 is 5.32 Å². The van der Waals surface area contributed by atoms with Crippen molar-refractivity contribution in [2.45, 2.75) is 56.1 Å². The van der Waals surface area contributed by atoms with Crippen molar-refractivity contribution in [2.24, 2.45) is 5.92 Å². The highest BCUT2D eigenvalue weighted by atomic mass is 15.3. The number of nitrogens with one attached hydrogen (secondary N) is 1. The van der Waals surface area contributed by atoms with Crippen LogP contribution in [0.15, 0.2) is 0 Å². The van der Waals surface area contributed by atoms with E-state index in [1.165, 1.54) is 58.2 Å². The summed E-state index contributed by atoms with van der Waals surface area (Å²) in [5.41, 5.74) is -0.248. The lowest BCUT2D eigenvalue weighted by atomic mass is 9.93. The molecular weight excluding hydrogens is 248 g/mol. The number of hydrogen-bond acceptors (Lipinski definition) is 4. The van der Waals surface area contributed by atoms with E-state index in [9.17, 15) is 5.26 Å². The molecule has 0 aromatic heterocycles.